The molecular weight excluding hydrogens is 528 g/mol. The summed E-state index contributed by atoms with van der Waals surface area (Å²) in [5.41, 5.74) is 28.7. The number of aliphatic imine (C=N–C) groups is 1. The van der Waals surface area contributed by atoms with Gasteiger partial charge in [-0.1, -0.05) is 32.0 Å². The highest BCUT2D eigenvalue weighted by Crippen LogP contribution is 2.46. The van der Waals surface area contributed by atoms with Gasteiger partial charge in [0.15, 0.2) is 0 Å². The summed E-state index contributed by atoms with van der Waals surface area (Å²) in [4.78, 5) is 4.60. The fraction of sp³-hybridized carbons (Fsp3) is 0.286. The number of anilines is 3. The molecule has 1 fully saturated rings. The zero-order valence-corrected chi connectivity index (χ0v) is 23.0. The fourth-order valence-electron chi connectivity index (χ4n) is 4.52. The van der Waals surface area contributed by atoms with Gasteiger partial charge in [0.2, 0.25) is 0 Å². The van der Waals surface area contributed by atoms with Crippen LogP contribution in [0.3, 0.4) is 0 Å². The van der Waals surface area contributed by atoms with Crippen LogP contribution < -0.4 is 28.3 Å². The molecule has 1 unspecified atom stereocenters. The highest BCUT2D eigenvalue weighted by atomic mass is 79.9. The molecule has 0 amide bonds. The molecule has 4 aromatic rings. The van der Waals surface area contributed by atoms with Crippen molar-refractivity contribution in [2.75, 3.05) is 16.8 Å². The Bertz CT molecular complexity index is 1390. The molecule has 9 N–H and O–H groups in total. The SMILES string of the molecule is CC1(C)C(Nc2c(C(N)=Nc3ccc(N)cc3)cnn3cc(Br)cc23)CC[C@]1(C)N.Nc1ccccc1. The van der Waals surface area contributed by atoms with Crippen LogP contribution in [0.25, 0.3) is 5.52 Å². The van der Waals surface area contributed by atoms with Crippen LogP contribution in [0.15, 0.2) is 82.5 Å². The van der Waals surface area contributed by atoms with E-state index in [1.165, 1.54) is 0 Å². The Balaban J connectivity index is 0.000000396. The summed E-state index contributed by atoms with van der Waals surface area (Å²) >= 11 is 3.55. The molecule has 2 heterocycles. The van der Waals surface area contributed by atoms with E-state index in [0.29, 0.717) is 11.5 Å². The lowest BCUT2D eigenvalue weighted by Crippen LogP contribution is -2.51. The van der Waals surface area contributed by atoms with Gasteiger partial charge in [0, 0.05) is 39.0 Å². The lowest BCUT2D eigenvalue weighted by molar-refractivity contribution is 0.215. The van der Waals surface area contributed by atoms with E-state index >= 15 is 0 Å². The number of aromatic nitrogens is 2. The summed E-state index contributed by atoms with van der Waals surface area (Å²) in [7, 11) is 0. The number of halogens is 1. The van der Waals surface area contributed by atoms with Gasteiger partial charge >= 0.3 is 0 Å². The summed E-state index contributed by atoms with van der Waals surface area (Å²) in [6.45, 7) is 6.56. The van der Waals surface area contributed by atoms with E-state index in [-0.39, 0.29) is 17.0 Å². The first-order chi connectivity index (χ1) is 17.5. The van der Waals surface area contributed by atoms with Gasteiger partial charge in [-0.15, -0.1) is 0 Å². The Morgan fingerprint density at radius 1 is 1.05 bits per heavy atom. The number of nitrogen functional groups attached to an aromatic ring is 2. The Morgan fingerprint density at radius 3 is 2.27 bits per heavy atom. The largest absolute Gasteiger partial charge is 0.399 e. The first-order valence-corrected chi connectivity index (χ1v) is 13.0. The maximum Gasteiger partial charge on any atom is 0.135 e. The van der Waals surface area contributed by atoms with Crippen LogP contribution >= 0.6 is 15.9 Å². The van der Waals surface area contributed by atoms with Crippen LogP contribution in [0, 0.1) is 5.41 Å². The van der Waals surface area contributed by atoms with E-state index in [1.54, 1.807) is 18.3 Å². The Morgan fingerprint density at radius 2 is 1.70 bits per heavy atom. The predicted octanol–water partition coefficient (Wildman–Crippen LogP) is 5.30. The van der Waals surface area contributed by atoms with Crippen molar-refractivity contribution in [3.63, 3.8) is 0 Å². The Kier molecular flexibility index (Phi) is 7.47. The van der Waals surface area contributed by atoms with E-state index in [9.17, 15) is 0 Å². The normalized spacial score (nSPS) is 20.9. The smallest absolute Gasteiger partial charge is 0.135 e. The van der Waals surface area contributed by atoms with Gasteiger partial charge in [0.05, 0.1) is 28.7 Å². The maximum absolute atomic E-state index is 6.60. The second-order valence-corrected chi connectivity index (χ2v) is 11.2. The summed E-state index contributed by atoms with van der Waals surface area (Å²) < 4.78 is 2.77. The molecule has 1 saturated carbocycles. The predicted molar refractivity (Wildman–Crippen MR) is 158 cm³/mol. The number of nitrogens with one attached hydrogen (secondary N) is 1. The van der Waals surface area contributed by atoms with Gasteiger partial charge in [0.1, 0.15) is 5.84 Å². The van der Waals surface area contributed by atoms with Crippen LogP contribution in [0.5, 0.6) is 0 Å². The van der Waals surface area contributed by atoms with Crippen LogP contribution in [0.4, 0.5) is 22.7 Å². The third kappa shape index (κ3) is 5.73. The molecule has 9 heteroatoms. The monoisotopic (exact) mass is 562 g/mol. The minimum absolute atomic E-state index is 0.1000. The second-order valence-electron chi connectivity index (χ2n) is 10.3. The molecule has 1 aliphatic rings. The highest BCUT2D eigenvalue weighted by molar-refractivity contribution is 9.10. The van der Waals surface area contributed by atoms with Crippen LogP contribution in [0.1, 0.15) is 39.2 Å². The van der Waals surface area contributed by atoms with E-state index in [2.05, 4.69) is 52.1 Å². The highest BCUT2D eigenvalue weighted by Gasteiger charge is 2.49. The van der Waals surface area contributed by atoms with Crippen molar-refractivity contribution < 1.29 is 0 Å². The lowest BCUT2D eigenvalue weighted by atomic mass is 9.75. The molecule has 0 bridgehead atoms. The summed E-state index contributed by atoms with van der Waals surface area (Å²) in [6.07, 6.45) is 5.60. The van der Waals surface area contributed by atoms with Crippen molar-refractivity contribution in [1.82, 2.24) is 9.61 Å². The molecule has 2 aromatic heterocycles. The van der Waals surface area contributed by atoms with Crippen molar-refractivity contribution in [2.24, 2.45) is 21.9 Å². The number of nitrogens with two attached hydrogens (primary N) is 4. The molecule has 5 rings (SSSR count). The van der Waals surface area contributed by atoms with Crippen LogP contribution in [0.2, 0.25) is 0 Å². The Labute approximate surface area is 226 Å². The number of fused-ring (bicyclic) bond motifs is 1. The maximum atomic E-state index is 6.60. The van der Waals surface area contributed by atoms with E-state index < -0.39 is 0 Å². The van der Waals surface area contributed by atoms with Crippen molar-refractivity contribution in [3.8, 4) is 0 Å². The molecule has 194 valence electrons. The minimum atomic E-state index is -0.250. The van der Waals surface area contributed by atoms with Gasteiger partial charge in [-0.25, -0.2) is 9.51 Å². The molecule has 1 aliphatic carbocycles. The first-order valence-electron chi connectivity index (χ1n) is 12.2. The third-order valence-corrected chi connectivity index (χ3v) is 7.87. The van der Waals surface area contributed by atoms with Gasteiger partial charge in [-0.3, -0.25) is 0 Å². The fourth-order valence-corrected chi connectivity index (χ4v) is 4.94. The molecule has 37 heavy (non-hydrogen) atoms. The third-order valence-electron chi connectivity index (χ3n) is 7.44. The molecule has 0 radical (unpaired) electrons. The zero-order chi connectivity index (χ0) is 26.8. The van der Waals surface area contributed by atoms with E-state index in [4.69, 9.17) is 22.9 Å². The minimum Gasteiger partial charge on any atom is -0.399 e. The number of hydrogen-bond acceptors (Lipinski definition) is 6. The van der Waals surface area contributed by atoms with Gasteiger partial charge < -0.3 is 28.3 Å². The Hall–Kier alpha value is -3.56. The zero-order valence-electron chi connectivity index (χ0n) is 21.4. The first kappa shape index (κ1) is 26.5. The van der Waals surface area contributed by atoms with Crippen molar-refractivity contribution in [1.29, 1.82) is 0 Å². The number of nitrogens with zero attached hydrogens (tertiary/aromatic N) is 3. The quantitative estimate of drug-likeness (QED) is 0.129. The summed E-state index contributed by atoms with van der Waals surface area (Å²) in [5.74, 6) is 0.390. The molecule has 2 aromatic carbocycles. The van der Waals surface area contributed by atoms with Gasteiger partial charge in [0.25, 0.3) is 0 Å². The molecule has 8 nitrogen and oxygen atoms in total. The number of benzene rings is 2. The van der Waals surface area contributed by atoms with E-state index in [1.807, 2.05) is 59.2 Å². The van der Waals surface area contributed by atoms with Crippen LogP contribution in [-0.4, -0.2) is 27.0 Å². The van der Waals surface area contributed by atoms with Crippen molar-refractivity contribution in [3.05, 3.63) is 83.1 Å². The standard InChI is InChI=1S/C22H28BrN7.C6H7N/c1-21(2)18(8-9-22(21,3)26)29-19-16(11-27-30-12-13(23)10-17(19)30)20(25)28-15-6-4-14(24)5-7-15;7-6-4-2-1-3-5-6/h4-7,10-12,18,29H,8-9,24,26H2,1-3H3,(H2,25,28);1-5H,7H2/t18?,22-;/m0./s1. The topological polar surface area (TPSA) is 146 Å². The summed E-state index contributed by atoms with van der Waals surface area (Å²) in [5, 5.41) is 8.27. The molecule has 0 saturated heterocycles. The molecule has 2 atom stereocenters. The number of amidine groups is 1. The van der Waals surface area contributed by atoms with E-state index in [0.717, 1.165) is 45.5 Å². The lowest BCUT2D eigenvalue weighted by Gasteiger charge is -2.39. The molecule has 0 aliphatic heterocycles. The molecular formula is C28H35BrN8. The number of para-hydroxylation sites is 1. The second kappa shape index (κ2) is 10.4. The molecule has 0 spiro atoms. The number of hydrogen-bond donors (Lipinski definition) is 5. The van der Waals surface area contributed by atoms with Gasteiger partial charge in [-0.2, -0.15) is 5.10 Å². The van der Waals surface area contributed by atoms with Crippen LogP contribution in [-0.2, 0) is 0 Å². The number of rotatable bonds is 4. The average Bonchev–Trinajstić information content (AvgIpc) is 3.32. The van der Waals surface area contributed by atoms with Gasteiger partial charge in [-0.05, 0) is 78.2 Å². The average molecular weight is 564 g/mol. The summed E-state index contributed by atoms with van der Waals surface area (Å²) in [6, 6.07) is 19.0. The van der Waals surface area contributed by atoms with Crippen molar-refractivity contribution in [2.45, 2.75) is 45.2 Å². The van der Waals surface area contributed by atoms with Crippen molar-refractivity contribution >= 4 is 50.0 Å².